The quantitative estimate of drug-likeness (QED) is 0.487. The predicted molar refractivity (Wildman–Crippen MR) is 93.5 cm³/mol. The van der Waals surface area contributed by atoms with Gasteiger partial charge in [-0.05, 0) is 57.5 Å². The normalized spacial score (nSPS) is 11.4. The van der Waals surface area contributed by atoms with Crippen molar-refractivity contribution < 1.29 is 9.53 Å². The summed E-state index contributed by atoms with van der Waals surface area (Å²) in [4.78, 5) is 15.2. The molecule has 122 valence electrons. The first-order valence-electron chi connectivity index (χ1n) is 7.36. The van der Waals surface area contributed by atoms with Crippen molar-refractivity contribution in [2.45, 2.75) is 27.7 Å². The largest absolute Gasteiger partial charge is 0.462 e. The smallest absolute Gasteiger partial charge is 0.340 e. The van der Waals surface area contributed by atoms with E-state index in [0.717, 1.165) is 28.4 Å². The number of hydrazone groups is 1. The van der Waals surface area contributed by atoms with Gasteiger partial charge in [0.2, 0.25) is 0 Å². The number of hydrogen-bond acceptors (Lipinski definition) is 4. The number of aromatic amines is 1. The standard InChI is InChI=1S/C17H20ClN3O2/c1-5-23-17(22)15-10(2)16(19-11(15)3)12(4)20-21-14-8-6-13(18)7-9-14/h6-9,19,21H,5H2,1-4H3. The molecule has 0 atom stereocenters. The van der Waals surface area contributed by atoms with Gasteiger partial charge in [0.1, 0.15) is 0 Å². The maximum absolute atomic E-state index is 12.0. The lowest BCUT2D eigenvalue weighted by atomic mass is 10.1. The first-order valence-corrected chi connectivity index (χ1v) is 7.74. The molecule has 23 heavy (non-hydrogen) atoms. The molecule has 2 rings (SSSR count). The van der Waals surface area contributed by atoms with Crippen LogP contribution >= 0.6 is 11.6 Å². The van der Waals surface area contributed by atoms with Gasteiger partial charge >= 0.3 is 5.97 Å². The van der Waals surface area contributed by atoms with Crippen molar-refractivity contribution in [2.24, 2.45) is 5.10 Å². The minimum absolute atomic E-state index is 0.316. The molecule has 1 aromatic heterocycles. The van der Waals surface area contributed by atoms with Gasteiger partial charge in [-0.15, -0.1) is 0 Å². The molecule has 0 aliphatic carbocycles. The number of benzene rings is 1. The van der Waals surface area contributed by atoms with Gasteiger partial charge in [-0.2, -0.15) is 5.10 Å². The Labute approximate surface area is 140 Å². The van der Waals surface area contributed by atoms with Crippen molar-refractivity contribution in [3.63, 3.8) is 0 Å². The number of ether oxygens (including phenoxy) is 1. The molecule has 0 unspecified atom stereocenters. The van der Waals surface area contributed by atoms with E-state index in [2.05, 4.69) is 15.5 Å². The Morgan fingerprint density at radius 3 is 2.57 bits per heavy atom. The van der Waals surface area contributed by atoms with Gasteiger partial charge in [0, 0.05) is 10.7 Å². The van der Waals surface area contributed by atoms with E-state index in [9.17, 15) is 4.79 Å². The highest BCUT2D eigenvalue weighted by atomic mass is 35.5. The number of carbonyl (C=O) groups excluding carboxylic acids is 1. The van der Waals surface area contributed by atoms with Crippen molar-refractivity contribution >= 4 is 29.0 Å². The Morgan fingerprint density at radius 1 is 1.30 bits per heavy atom. The first-order chi connectivity index (χ1) is 10.9. The number of hydrogen-bond donors (Lipinski definition) is 2. The molecule has 0 fully saturated rings. The lowest BCUT2D eigenvalue weighted by Gasteiger charge is -2.04. The molecule has 1 heterocycles. The summed E-state index contributed by atoms with van der Waals surface area (Å²) in [5.74, 6) is -0.316. The van der Waals surface area contributed by atoms with Crippen LogP contribution in [0.1, 0.15) is 41.2 Å². The van der Waals surface area contributed by atoms with E-state index in [1.54, 1.807) is 19.1 Å². The minimum Gasteiger partial charge on any atom is -0.462 e. The van der Waals surface area contributed by atoms with Crippen LogP contribution in [0, 0.1) is 13.8 Å². The third-order valence-electron chi connectivity index (χ3n) is 3.48. The fourth-order valence-corrected chi connectivity index (χ4v) is 2.48. The highest BCUT2D eigenvalue weighted by Gasteiger charge is 2.20. The number of anilines is 1. The summed E-state index contributed by atoms with van der Waals surface area (Å²) in [5.41, 5.74) is 7.55. The van der Waals surface area contributed by atoms with Gasteiger partial charge in [0.15, 0.2) is 0 Å². The zero-order chi connectivity index (χ0) is 17.0. The van der Waals surface area contributed by atoms with E-state index in [-0.39, 0.29) is 5.97 Å². The number of aromatic nitrogens is 1. The second kappa shape index (κ2) is 7.33. The highest BCUT2D eigenvalue weighted by Crippen LogP contribution is 2.20. The molecule has 0 aliphatic rings. The number of nitrogens with one attached hydrogen (secondary N) is 2. The SMILES string of the molecule is CCOC(=O)c1c(C)[nH]c(C(C)=NNc2ccc(Cl)cc2)c1C. The molecule has 0 radical (unpaired) electrons. The molecule has 0 bridgehead atoms. The number of esters is 1. The van der Waals surface area contributed by atoms with Crippen molar-refractivity contribution in [3.8, 4) is 0 Å². The van der Waals surface area contributed by atoms with Crippen LogP contribution in [0.5, 0.6) is 0 Å². The first kappa shape index (κ1) is 17.1. The fourth-order valence-electron chi connectivity index (χ4n) is 2.35. The van der Waals surface area contributed by atoms with Crippen molar-refractivity contribution in [1.29, 1.82) is 0 Å². The van der Waals surface area contributed by atoms with Gasteiger partial charge in [0.05, 0.1) is 29.3 Å². The molecule has 0 spiro atoms. The number of nitrogens with zero attached hydrogens (tertiary/aromatic N) is 1. The Hall–Kier alpha value is -2.27. The Bertz CT molecular complexity index is 733. The molecular formula is C17H20ClN3O2. The highest BCUT2D eigenvalue weighted by molar-refractivity contribution is 6.30. The zero-order valence-electron chi connectivity index (χ0n) is 13.7. The Kier molecular flexibility index (Phi) is 5.45. The number of rotatable bonds is 5. The van der Waals surface area contributed by atoms with Gasteiger partial charge < -0.3 is 9.72 Å². The Balaban J connectivity index is 2.23. The van der Waals surface area contributed by atoms with E-state index >= 15 is 0 Å². The maximum Gasteiger partial charge on any atom is 0.340 e. The van der Waals surface area contributed by atoms with Gasteiger partial charge in [-0.25, -0.2) is 4.79 Å². The third kappa shape index (κ3) is 3.93. The molecule has 5 nitrogen and oxygen atoms in total. The summed E-state index contributed by atoms with van der Waals surface area (Å²) in [6, 6.07) is 7.27. The van der Waals surface area contributed by atoms with E-state index < -0.39 is 0 Å². The number of halogens is 1. The van der Waals surface area contributed by atoms with Crippen LogP contribution in [0.3, 0.4) is 0 Å². The molecule has 1 aromatic carbocycles. The third-order valence-corrected chi connectivity index (χ3v) is 3.73. The van der Waals surface area contributed by atoms with E-state index in [1.165, 1.54) is 0 Å². The zero-order valence-corrected chi connectivity index (χ0v) is 14.4. The molecule has 0 saturated carbocycles. The summed E-state index contributed by atoms with van der Waals surface area (Å²) in [5, 5.41) is 5.03. The van der Waals surface area contributed by atoms with E-state index in [0.29, 0.717) is 17.2 Å². The molecule has 0 amide bonds. The second-order valence-corrected chi connectivity index (χ2v) is 5.60. The summed E-state index contributed by atoms with van der Waals surface area (Å²) < 4.78 is 5.10. The average Bonchev–Trinajstić information content (AvgIpc) is 2.81. The van der Waals surface area contributed by atoms with Crippen molar-refractivity contribution in [2.75, 3.05) is 12.0 Å². The summed E-state index contributed by atoms with van der Waals surface area (Å²) in [6.45, 7) is 7.74. The van der Waals surface area contributed by atoms with Crippen LogP contribution in [-0.2, 0) is 4.74 Å². The summed E-state index contributed by atoms with van der Waals surface area (Å²) in [6.07, 6.45) is 0. The topological polar surface area (TPSA) is 66.5 Å². The Morgan fingerprint density at radius 2 is 1.96 bits per heavy atom. The summed E-state index contributed by atoms with van der Waals surface area (Å²) in [7, 11) is 0. The molecule has 0 aliphatic heterocycles. The number of carbonyl (C=O) groups is 1. The maximum atomic E-state index is 12.0. The lowest BCUT2D eigenvalue weighted by Crippen LogP contribution is -2.07. The van der Waals surface area contributed by atoms with Crippen LogP contribution in [0.4, 0.5) is 5.69 Å². The molecule has 2 N–H and O–H groups in total. The monoisotopic (exact) mass is 333 g/mol. The van der Waals surface area contributed by atoms with Crippen molar-refractivity contribution in [1.82, 2.24) is 4.98 Å². The van der Waals surface area contributed by atoms with E-state index in [1.807, 2.05) is 32.9 Å². The van der Waals surface area contributed by atoms with Gasteiger partial charge in [0.25, 0.3) is 0 Å². The lowest BCUT2D eigenvalue weighted by molar-refractivity contribution is 0.0525. The minimum atomic E-state index is -0.316. The number of H-pyrrole nitrogens is 1. The van der Waals surface area contributed by atoms with E-state index in [4.69, 9.17) is 16.3 Å². The molecular weight excluding hydrogens is 314 g/mol. The fraction of sp³-hybridized carbons (Fsp3) is 0.294. The summed E-state index contributed by atoms with van der Waals surface area (Å²) >= 11 is 5.85. The number of aryl methyl sites for hydroxylation is 1. The molecule has 0 saturated heterocycles. The van der Waals surface area contributed by atoms with Gasteiger partial charge in [-0.1, -0.05) is 11.6 Å². The van der Waals surface area contributed by atoms with Crippen LogP contribution in [0.25, 0.3) is 0 Å². The van der Waals surface area contributed by atoms with Gasteiger partial charge in [-0.3, -0.25) is 5.43 Å². The van der Waals surface area contributed by atoms with Crippen LogP contribution in [0.2, 0.25) is 5.02 Å². The average molecular weight is 334 g/mol. The van der Waals surface area contributed by atoms with Crippen LogP contribution < -0.4 is 5.43 Å². The van der Waals surface area contributed by atoms with Crippen molar-refractivity contribution in [3.05, 3.63) is 51.8 Å². The van der Waals surface area contributed by atoms with Crippen LogP contribution in [0.15, 0.2) is 29.4 Å². The molecule has 6 heteroatoms. The second-order valence-electron chi connectivity index (χ2n) is 5.16. The predicted octanol–water partition coefficient (Wildman–Crippen LogP) is 4.30. The van der Waals surface area contributed by atoms with Crippen LogP contribution in [-0.4, -0.2) is 23.3 Å². The molecule has 2 aromatic rings.